The number of carbonyl (C=O) groups is 4. The van der Waals surface area contributed by atoms with E-state index in [2.05, 4.69) is 19.2 Å². The molecule has 1 amide bonds. The Morgan fingerprint density at radius 1 is 0.533 bits per heavy atom. The molecule has 0 unspecified atom stereocenters. The minimum atomic E-state index is -1.01. The summed E-state index contributed by atoms with van der Waals surface area (Å²) in [5.74, 6) is -2.61. The van der Waals surface area contributed by atoms with Gasteiger partial charge in [-0.3, -0.25) is 38.8 Å². The molecule has 16 heteroatoms. The fourth-order valence-electron chi connectivity index (χ4n) is 4.39. The summed E-state index contributed by atoms with van der Waals surface area (Å²) in [4.78, 5) is 53.8. The number of rotatable bonds is 23. The third-order valence-electron chi connectivity index (χ3n) is 6.90. The largest absolute Gasteiger partial charge is 0.480 e. The molecule has 0 radical (unpaired) electrons. The van der Waals surface area contributed by atoms with E-state index in [1.54, 1.807) is 14.7 Å². The van der Waals surface area contributed by atoms with E-state index in [1.165, 1.54) is 0 Å². The molecule has 0 aromatic rings. The summed E-state index contributed by atoms with van der Waals surface area (Å²) < 4.78 is 21.9. The normalized spacial score (nSPS) is 16.7. The fourth-order valence-corrected chi connectivity index (χ4v) is 4.39. The first kappa shape index (κ1) is 40.6. The van der Waals surface area contributed by atoms with Crippen LogP contribution in [0.3, 0.4) is 0 Å². The molecule has 262 valence electrons. The van der Waals surface area contributed by atoms with E-state index in [4.69, 9.17) is 18.9 Å². The van der Waals surface area contributed by atoms with Crippen molar-refractivity contribution in [2.24, 2.45) is 5.92 Å². The zero-order valence-corrected chi connectivity index (χ0v) is 27.0. The van der Waals surface area contributed by atoms with E-state index in [0.29, 0.717) is 111 Å². The van der Waals surface area contributed by atoms with Crippen LogP contribution in [0.2, 0.25) is 0 Å². The Kier molecular flexibility index (Phi) is 23.2. The van der Waals surface area contributed by atoms with Crippen LogP contribution in [-0.2, 0) is 38.1 Å². The Morgan fingerprint density at radius 3 is 1.18 bits per heavy atom. The van der Waals surface area contributed by atoms with Crippen molar-refractivity contribution in [3.63, 3.8) is 0 Å². The van der Waals surface area contributed by atoms with Gasteiger partial charge in [0.2, 0.25) is 5.91 Å². The van der Waals surface area contributed by atoms with Crippen LogP contribution in [0, 0.1) is 5.92 Å². The SMILES string of the molecule is CC(C)CCOCCOCCOCCOCCNC(=O)CN1CCN(CC(=O)O)CCN(CC(=O)O)CCN(CC(=O)O)CC1. The van der Waals surface area contributed by atoms with Gasteiger partial charge in [0.25, 0.3) is 0 Å². The molecular formula is C29H55N5O11. The molecule has 1 rings (SSSR count). The molecule has 0 atom stereocenters. The summed E-state index contributed by atoms with van der Waals surface area (Å²) in [5.41, 5.74) is 0. The summed E-state index contributed by atoms with van der Waals surface area (Å²) in [6.45, 7) is 10.6. The summed E-state index contributed by atoms with van der Waals surface area (Å²) in [6.07, 6.45) is 1.04. The third-order valence-corrected chi connectivity index (χ3v) is 6.90. The van der Waals surface area contributed by atoms with Gasteiger partial charge in [-0.15, -0.1) is 0 Å². The molecule has 1 heterocycles. The second-order valence-electron chi connectivity index (χ2n) is 11.3. The van der Waals surface area contributed by atoms with Gasteiger partial charge in [-0.05, 0) is 12.3 Å². The van der Waals surface area contributed by atoms with Crippen molar-refractivity contribution >= 4 is 23.8 Å². The number of nitrogens with zero attached hydrogens (tertiary/aromatic N) is 4. The lowest BCUT2D eigenvalue weighted by atomic mass is 10.1. The third kappa shape index (κ3) is 24.5. The predicted molar refractivity (Wildman–Crippen MR) is 164 cm³/mol. The van der Waals surface area contributed by atoms with Gasteiger partial charge in [-0.1, -0.05) is 13.8 Å². The number of aliphatic carboxylic acids is 3. The van der Waals surface area contributed by atoms with E-state index in [-0.39, 0.29) is 32.1 Å². The number of hydrogen-bond acceptors (Lipinski definition) is 12. The monoisotopic (exact) mass is 649 g/mol. The van der Waals surface area contributed by atoms with E-state index in [9.17, 15) is 34.5 Å². The van der Waals surface area contributed by atoms with Crippen molar-refractivity contribution in [1.29, 1.82) is 0 Å². The number of amides is 1. The van der Waals surface area contributed by atoms with Gasteiger partial charge in [0, 0.05) is 65.5 Å². The second kappa shape index (κ2) is 25.7. The van der Waals surface area contributed by atoms with Crippen molar-refractivity contribution in [1.82, 2.24) is 24.9 Å². The molecule has 45 heavy (non-hydrogen) atoms. The fraction of sp³-hybridized carbons (Fsp3) is 0.862. The van der Waals surface area contributed by atoms with Crippen LogP contribution in [0.1, 0.15) is 20.3 Å². The average Bonchev–Trinajstić information content (AvgIpc) is 2.95. The summed E-state index contributed by atoms with van der Waals surface area (Å²) in [6, 6.07) is 0. The Balaban J connectivity index is 2.39. The van der Waals surface area contributed by atoms with Gasteiger partial charge in [-0.25, -0.2) is 0 Å². The van der Waals surface area contributed by atoms with Crippen molar-refractivity contribution in [3.05, 3.63) is 0 Å². The second-order valence-corrected chi connectivity index (χ2v) is 11.3. The highest BCUT2D eigenvalue weighted by Crippen LogP contribution is 2.02. The van der Waals surface area contributed by atoms with Crippen molar-refractivity contribution in [2.45, 2.75) is 20.3 Å². The molecule has 1 aliphatic rings. The van der Waals surface area contributed by atoms with Crippen LogP contribution >= 0.6 is 0 Å². The zero-order valence-electron chi connectivity index (χ0n) is 27.0. The molecule has 1 aliphatic heterocycles. The first-order valence-corrected chi connectivity index (χ1v) is 15.7. The lowest BCUT2D eigenvalue weighted by Crippen LogP contribution is -2.50. The average molecular weight is 650 g/mol. The van der Waals surface area contributed by atoms with Gasteiger partial charge in [-0.2, -0.15) is 0 Å². The highest BCUT2D eigenvalue weighted by atomic mass is 16.6. The van der Waals surface area contributed by atoms with Crippen LogP contribution in [0.25, 0.3) is 0 Å². The van der Waals surface area contributed by atoms with Crippen LogP contribution in [-0.4, -0.2) is 197 Å². The molecule has 4 N–H and O–H groups in total. The van der Waals surface area contributed by atoms with E-state index >= 15 is 0 Å². The molecule has 1 saturated heterocycles. The number of carboxylic acids is 3. The van der Waals surface area contributed by atoms with Gasteiger partial charge < -0.3 is 39.6 Å². The minimum absolute atomic E-state index is 0.0544. The Morgan fingerprint density at radius 2 is 0.844 bits per heavy atom. The van der Waals surface area contributed by atoms with Crippen LogP contribution in [0.4, 0.5) is 0 Å². The number of carbonyl (C=O) groups excluding carboxylic acids is 1. The molecule has 0 aromatic carbocycles. The topological polar surface area (TPSA) is 191 Å². The molecular weight excluding hydrogens is 594 g/mol. The number of carboxylic acid groups (broad SMARTS) is 3. The Hall–Kier alpha value is -2.44. The smallest absolute Gasteiger partial charge is 0.317 e. The molecule has 1 fully saturated rings. The maximum Gasteiger partial charge on any atom is 0.317 e. The first-order chi connectivity index (χ1) is 21.5. The van der Waals surface area contributed by atoms with E-state index in [1.807, 2.05) is 4.90 Å². The molecule has 0 spiro atoms. The van der Waals surface area contributed by atoms with Gasteiger partial charge in [0.05, 0.1) is 72.4 Å². The molecule has 0 bridgehead atoms. The van der Waals surface area contributed by atoms with Crippen molar-refractivity contribution in [3.8, 4) is 0 Å². The molecule has 0 aromatic heterocycles. The number of ether oxygens (including phenoxy) is 4. The molecule has 16 nitrogen and oxygen atoms in total. The number of nitrogens with one attached hydrogen (secondary N) is 1. The van der Waals surface area contributed by atoms with Crippen LogP contribution in [0.15, 0.2) is 0 Å². The number of hydrogen-bond donors (Lipinski definition) is 4. The molecule has 0 aliphatic carbocycles. The van der Waals surface area contributed by atoms with Gasteiger partial charge >= 0.3 is 17.9 Å². The predicted octanol–water partition coefficient (Wildman–Crippen LogP) is -1.31. The van der Waals surface area contributed by atoms with Crippen molar-refractivity contribution < 1.29 is 53.4 Å². The van der Waals surface area contributed by atoms with Crippen LogP contribution in [0.5, 0.6) is 0 Å². The Bertz CT molecular complexity index is 804. The highest BCUT2D eigenvalue weighted by Gasteiger charge is 2.21. The quantitative estimate of drug-likeness (QED) is 0.0954. The van der Waals surface area contributed by atoms with E-state index < -0.39 is 17.9 Å². The maximum absolute atomic E-state index is 12.7. The maximum atomic E-state index is 12.7. The first-order valence-electron chi connectivity index (χ1n) is 15.7. The summed E-state index contributed by atoms with van der Waals surface area (Å²) in [5, 5.41) is 30.8. The lowest BCUT2D eigenvalue weighted by Gasteiger charge is -2.32. The molecule has 0 saturated carbocycles. The standard InChI is InChI=1S/C29H55N5O11/c1-25(2)3-13-42-15-17-44-19-20-45-18-16-43-14-4-30-26(35)21-31-5-7-32(22-27(36)37)9-11-34(24-29(40)41)12-10-33(8-6-31)23-28(38)39/h25H,3-24H2,1-2H3,(H,30,35)(H,36,37)(H,38,39)(H,40,41). The Labute approximate surface area is 266 Å². The zero-order chi connectivity index (χ0) is 33.3. The van der Waals surface area contributed by atoms with Crippen molar-refractivity contribution in [2.75, 3.05) is 138 Å². The summed E-state index contributed by atoms with van der Waals surface area (Å²) in [7, 11) is 0. The van der Waals surface area contributed by atoms with Gasteiger partial charge in [0.15, 0.2) is 0 Å². The van der Waals surface area contributed by atoms with Gasteiger partial charge in [0.1, 0.15) is 0 Å². The van der Waals surface area contributed by atoms with Crippen LogP contribution < -0.4 is 5.32 Å². The summed E-state index contributed by atoms with van der Waals surface area (Å²) >= 11 is 0. The lowest BCUT2D eigenvalue weighted by molar-refractivity contribution is -0.140. The van der Waals surface area contributed by atoms with E-state index in [0.717, 1.165) is 13.0 Å². The highest BCUT2D eigenvalue weighted by molar-refractivity contribution is 5.78. The minimum Gasteiger partial charge on any atom is -0.480 e.